The number of rotatable bonds is 1. The molecule has 0 fully saturated rings. The molecule has 2 N–H and O–H groups in total. The molecule has 2 rings (SSSR count). The van der Waals surface area contributed by atoms with Gasteiger partial charge in [0, 0.05) is 22.9 Å². The molecule has 0 aliphatic carbocycles. The average Bonchev–Trinajstić information content (AvgIpc) is 2.39. The van der Waals surface area contributed by atoms with Crippen LogP contribution in [-0.2, 0) is 0 Å². The van der Waals surface area contributed by atoms with Gasteiger partial charge in [0.15, 0.2) is 0 Å². The van der Waals surface area contributed by atoms with Gasteiger partial charge in [0.1, 0.15) is 0 Å². The van der Waals surface area contributed by atoms with Crippen molar-refractivity contribution in [3.63, 3.8) is 0 Å². The Morgan fingerprint density at radius 3 is 1.79 bits per heavy atom. The minimum atomic E-state index is -1.71. The van der Waals surface area contributed by atoms with E-state index in [-0.39, 0.29) is 0 Å². The van der Waals surface area contributed by atoms with E-state index in [0.29, 0.717) is 11.3 Å². The van der Waals surface area contributed by atoms with Crippen molar-refractivity contribution >= 4 is 11.8 Å². The summed E-state index contributed by atoms with van der Waals surface area (Å²) < 4.78 is 24.1. The second kappa shape index (κ2) is 5.83. The summed E-state index contributed by atoms with van der Waals surface area (Å²) in [4.78, 5) is 0. The lowest BCUT2D eigenvalue weighted by Crippen LogP contribution is -1.83. The van der Waals surface area contributed by atoms with Crippen LogP contribution in [0.1, 0.15) is 16.7 Å². The number of anilines is 1. The predicted octanol–water partition coefficient (Wildman–Crippen LogP) is 3.91. The fourth-order valence-corrected chi connectivity index (χ4v) is 1.50. The van der Waals surface area contributed by atoms with Gasteiger partial charge in [0.2, 0.25) is 0 Å². The minimum Gasteiger partial charge on any atom is -0.399 e. The Bertz CT molecular complexity index is 640. The highest BCUT2D eigenvalue weighted by Crippen LogP contribution is 2.10. The smallest absolute Gasteiger partial charge is 0.270 e. The predicted molar refractivity (Wildman–Crippen MR) is 73.5 cm³/mol. The SMILES string of the molecule is Nc1ccc(C#Cc2ccc(C=C(F)F)cc2)cc1. The first kappa shape index (κ1) is 12.8. The maximum absolute atomic E-state index is 12.0. The molecule has 0 saturated carbocycles. The Labute approximate surface area is 110 Å². The molecule has 0 saturated heterocycles. The van der Waals surface area contributed by atoms with Gasteiger partial charge in [-0.1, -0.05) is 24.0 Å². The normalized spacial score (nSPS) is 9.37. The van der Waals surface area contributed by atoms with Gasteiger partial charge in [0.25, 0.3) is 6.08 Å². The van der Waals surface area contributed by atoms with Crippen LogP contribution in [0.25, 0.3) is 6.08 Å². The van der Waals surface area contributed by atoms with E-state index in [1.807, 2.05) is 12.1 Å². The third kappa shape index (κ3) is 3.97. The Hall–Kier alpha value is -2.60. The van der Waals surface area contributed by atoms with Gasteiger partial charge in [-0.05, 0) is 42.0 Å². The van der Waals surface area contributed by atoms with Gasteiger partial charge in [-0.25, -0.2) is 0 Å². The molecule has 0 spiro atoms. The molecule has 0 aliphatic rings. The van der Waals surface area contributed by atoms with Crippen LogP contribution >= 0.6 is 0 Å². The summed E-state index contributed by atoms with van der Waals surface area (Å²) in [7, 11) is 0. The topological polar surface area (TPSA) is 26.0 Å². The summed E-state index contributed by atoms with van der Waals surface area (Å²) in [6, 6.07) is 13.8. The number of benzene rings is 2. The molecule has 0 heterocycles. The number of hydrogen-bond donors (Lipinski definition) is 1. The van der Waals surface area contributed by atoms with Crippen molar-refractivity contribution in [1.29, 1.82) is 0 Å². The Morgan fingerprint density at radius 2 is 1.32 bits per heavy atom. The minimum absolute atomic E-state index is 0.457. The maximum atomic E-state index is 12.0. The molecule has 3 heteroatoms. The monoisotopic (exact) mass is 255 g/mol. The molecule has 0 aromatic heterocycles. The quantitative estimate of drug-likeness (QED) is 0.607. The first-order valence-electron chi connectivity index (χ1n) is 5.64. The first-order chi connectivity index (χ1) is 9.13. The average molecular weight is 255 g/mol. The van der Waals surface area contributed by atoms with E-state index >= 15 is 0 Å². The van der Waals surface area contributed by atoms with Crippen LogP contribution in [0.15, 0.2) is 54.6 Å². The van der Waals surface area contributed by atoms with E-state index in [9.17, 15) is 8.78 Å². The van der Waals surface area contributed by atoms with Crippen molar-refractivity contribution in [1.82, 2.24) is 0 Å². The maximum Gasteiger partial charge on any atom is 0.270 e. The number of hydrogen-bond acceptors (Lipinski definition) is 1. The van der Waals surface area contributed by atoms with E-state index in [1.165, 1.54) is 0 Å². The summed E-state index contributed by atoms with van der Waals surface area (Å²) in [5, 5.41) is 0. The van der Waals surface area contributed by atoms with Gasteiger partial charge in [-0.15, -0.1) is 0 Å². The van der Waals surface area contributed by atoms with Crippen molar-refractivity contribution in [2.75, 3.05) is 5.73 Å². The molecule has 0 atom stereocenters. The second-order valence-electron chi connectivity index (χ2n) is 3.93. The highest BCUT2D eigenvalue weighted by Gasteiger charge is 1.93. The van der Waals surface area contributed by atoms with Crippen LogP contribution in [0.5, 0.6) is 0 Å². The van der Waals surface area contributed by atoms with Gasteiger partial charge in [0.05, 0.1) is 0 Å². The fourth-order valence-electron chi connectivity index (χ4n) is 1.50. The molecule has 19 heavy (non-hydrogen) atoms. The van der Waals surface area contributed by atoms with Crippen LogP contribution < -0.4 is 5.73 Å². The standard InChI is InChI=1S/C16H11F2N/c17-16(18)11-14-5-3-12(4-6-14)1-2-13-7-9-15(19)10-8-13/h3-11H,19H2. The van der Waals surface area contributed by atoms with Gasteiger partial charge in [-0.3, -0.25) is 0 Å². The zero-order valence-corrected chi connectivity index (χ0v) is 10.0. The molecule has 0 aliphatic heterocycles. The largest absolute Gasteiger partial charge is 0.399 e. The summed E-state index contributed by atoms with van der Waals surface area (Å²) in [6.45, 7) is 0. The molecule has 2 aromatic carbocycles. The summed E-state index contributed by atoms with van der Waals surface area (Å²) in [5.41, 5.74) is 8.35. The molecule has 0 bridgehead atoms. The second-order valence-corrected chi connectivity index (χ2v) is 3.93. The van der Waals surface area contributed by atoms with E-state index in [4.69, 9.17) is 5.73 Å². The molecular weight excluding hydrogens is 244 g/mol. The molecule has 0 unspecified atom stereocenters. The number of nitrogen functional groups attached to an aromatic ring is 1. The van der Waals surface area contributed by atoms with E-state index < -0.39 is 6.08 Å². The zero-order valence-electron chi connectivity index (χ0n) is 10.0. The number of nitrogens with two attached hydrogens (primary N) is 1. The Kier molecular flexibility index (Phi) is 3.94. The third-order valence-corrected chi connectivity index (χ3v) is 2.45. The first-order valence-corrected chi connectivity index (χ1v) is 5.64. The van der Waals surface area contributed by atoms with Gasteiger partial charge < -0.3 is 5.73 Å². The molecule has 1 nitrogen and oxygen atoms in total. The van der Waals surface area contributed by atoms with E-state index in [0.717, 1.165) is 17.2 Å². The molecule has 0 amide bonds. The van der Waals surface area contributed by atoms with Crippen molar-refractivity contribution < 1.29 is 8.78 Å². The van der Waals surface area contributed by atoms with Crippen LogP contribution in [0.2, 0.25) is 0 Å². The highest BCUT2D eigenvalue weighted by molar-refractivity contribution is 5.53. The van der Waals surface area contributed by atoms with Crippen LogP contribution in [0.3, 0.4) is 0 Å². The number of halogens is 2. The summed E-state index contributed by atoms with van der Waals surface area (Å²) >= 11 is 0. The molecule has 2 aromatic rings. The van der Waals surface area contributed by atoms with Crippen molar-refractivity contribution in [3.05, 3.63) is 71.3 Å². The molecular formula is C16H11F2N. The Balaban J connectivity index is 2.16. The fraction of sp³-hybridized carbons (Fsp3) is 0. The lowest BCUT2D eigenvalue weighted by Gasteiger charge is -1.94. The van der Waals surface area contributed by atoms with Crippen molar-refractivity contribution in [2.45, 2.75) is 0 Å². The van der Waals surface area contributed by atoms with E-state index in [2.05, 4.69) is 11.8 Å². The summed E-state index contributed by atoms with van der Waals surface area (Å²) in [6.07, 6.45) is -0.891. The van der Waals surface area contributed by atoms with Gasteiger partial charge >= 0.3 is 0 Å². The molecule has 94 valence electrons. The lowest BCUT2D eigenvalue weighted by molar-refractivity contribution is 0.429. The summed E-state index contributed by atoms with van der Waals surface area (Å²) in [5.74, 6) is 5.94. The van der Waals surface area contributed by atoms with Crippen LogP contribution in [-0.4, -0.2) is 0 Å². The highest BCUT2D eigenvalue weighted by atomic mass is 19.3. The zero-order chi connectivity index (χ0) is 13.7. The van der Waals surface area contributed by atoms with Crippen molar-refractivity contribution in [2.24, 2.45) is 0 Å². The van der Waals surface area contributed by atoms with E-state index in [1.54, 1.807) is 36.4 Å². The molecule has 0 radical (unpaired) electrons. The van der Waals surface area contributed by atoms with Crippen LogP contribution in [0, 0.1) is 11.8 Å². The van der Waals surface area contributed by atoms with Crippen molar-refractivity contribution in [3.8, 4) is 11.8 Å². The van der Waals surface area contributed by atoms with Crippen LogP contribution in [0.4, 0.5) is 14.5 Å². The van der Waals surface area contributed by atoms with Gasteiger partial charge in [-0.2, -0.15) is 8.78 Å². The lowest BCUT2D eigenvalue weighted by atomic mass is 10.1. The Morgan fingerprint density at radius 1 is 0.842 bits per heavy atom. The third-order valence-electron chi connectivity index (χ3n) is 2.45.